The number of methoxy groups -OCH3 is 1. The van der Waals surface area contributed by atoms with Crippen molar-refractivity contribution in [2.24, 2.45) is 5.92 Å². The van der Waals surface area contributed by atoms with Crippen LogP contribution in [-0.4, -0.2) is 53.1 Å². The third kappa shape index (κ3) is 5.01. The quantitative estimate of drug-likeness (QED) is 0.687. The fraction of sp³-hybridized carbons (Fsp3) is 0.429. The van der Waals surface area contributed by atoms with Gasteiger partial charge < -0.3 is 14.4 Å². The number of amides is 1. The van der Waals surface area contributed by atoms with Crippen molar-refractivity contribution in [2.75, 3.05) is 26.8 Å². The van der Waals surface area contributed by atoms with E-state index in [0.29, 0.717) is 38.2 Å². The van der Waals surface area contributed by atoms with Gasteiger partial charge in [0, 0.05) is 24.7 Å². The van der Waals surface area contributed by atoms with Gasteiger partial charge in [-0.1, -0.05) is 0 Å². The molecule has 1 aromatic heterocycles. The number of rotatable bonds is 6. The Morgan fingerprint density at radius 2 is 1.86 bits per heavy atom. The Kier molecular flexibility index (Phi) is 6.64. The van der Waals surface area contributed by atoms with Crippen LogP contribution < -0.4 is 10.3 Å². The van der Waals surface area contributed by atoms with E-state index >= 15 is 0 Å². The lowest BCUT2D eigenvalue weighted by Gasteiger charge is -2.30. The smallest absolute Gasteiger partial charge is 0.308 e. The van der Waals surface area contributed by atoms with Gasteiger partial charge in [0.2, 0.25) is 5.91 Å². The van der Waals surface area contributed by atoms with Gasteiger partial charge in [-0.3, -0.25) is 19.0 Å². The van der Waals surface area contributed by atoms with Gasteiger partial charge in [-0.25, -0.2) is 4.98 Å². The number of nitrogens with zero attached hydrogens (tertiary/aromatic N) is 3. The summed E-state index contributed by atoms with van der Waals surface area (Å²) in [6.45, 7) is 3.38. The van der Waals surface area contributed by atoms with Crippen molar-refractivity contribution < 1.29 is 19.1 Å². The SMILES string of the molecule is CCOc1ccc(-c2cc(=O)n(CC(=O)N3CCC(C(=O)OC)CC3)cn2)cc1. The van der Waals surface area contributed by atoms with Gasteiger partial charge in [-0.15, -0.1) is 0 Å². The second kappa shape index (κ2) is 9.36. The number of ether oxygens (including phenoxy) is 2. The summed E-state index contributed by atoms with van der Waals surface area (Å²) in [6.07, 6.45) is 2.54. The van der Waals surface area contributed by atoms with Crippen molar-refractivity contribution in [3.63, 3.8) is 0 Å². The molecule has 0 radical (unpaired) electrons. The number of hydrogen-bond acceptors (Lipinski definition) is 6. The lowest BCUT2D eigenvalue weighted by Crippen LogP contribution is -2.43. The molecule has 2 aromatic rings. The van der Waals surface area contributed by atoms with Crippen LogP contribution in [0, 0.1) is 5.92 Å². The summed E-state index contributed by atoms with van der Waals surface area (Å²) in [4.78, 5) is 42.6. The van der Waals surface area contributed by atoms with Gasteiger partial charge in [0.05, 0.1) is 31.7 Å². The number of hydrogen-bond donors (Lipinski definition) is 0. The van der Waals surface area contributed by atoms with E-state index in [9.17, 15) is 14.4 Å². The zero-order valence-corrected chi connectivity index (χ0v) is 16.7. The Morgan fingerprint density at radius 3 is 2.45 bits per heavy atom. The second-order valence-electron chi connectivity index (χ2n) is 6.88. The summed E-state index contributed by atoms with van der Waals surface area (Å²) >= 11 is 0. The third-order valence-electron chi connectivity index (χ3n) is 5.03. The average Bonchev–Trinajstić information content (AvgIpc) is 2.75. The van der Waals surface area contributed by atoms with Crippen molar-refractivity contribution in [2.45, 2.75) is 26.3 Å². The fourth-order valence-electron chi connectivity index (χ4n) is 3.37. The molecule has 8 heteroatoms. The summed E-state index contributed by atoms with van der Waals surface area (Å²) in [5.41, 5.74) is 1.05. The summed E-state index contributed by atoms with van der Waals surface area (Å²) in [5.74, 6) is 0.196. The first-order valence-electron chi connectivity index (χ1n) is 9.67. The third-order valence-corrected chi connectivity index (χ3v) is 5.03. The van der Waals surface area contributed by atoms with Crippen molar-refractivity contribution >= 4 is 11.9 Å². The molecule has 0 saturated carbocycles. The molecule has 1 fully saturated rings. The highest BCUT2D eigenvalue weighted by molar-refractivity contribution is 5.77. The molecule has 3 rings (SSSR count). The monoisotopic (exact) mass is 399 g/mol. The predicted molar refractivity (Wildman–Crippen MR) is 106 cm³/mol. The van der Waals surface area contributed by atoms with E-state index in [2.05, 4.69) is 4.98 Å². The summed E-state index contributed by atoms with van der Waals surface area (Å²) in [6, 6.07) is 8.76. The van der Waals surface area contributed by atoms with Gasteiger partial charge >= 0.3 is 5.97 Å². The fourth-order valence-corrected chi connectivity index (χ4v) is 3.37. The molecule has 0 N–H and O–H groups in total. The molecule has 0 spiro atoms. The van der Waals surface area contributed by atoms with Crippen LogP contribution in [0.25, 0.3) is 11.3 Å². The maximum atomic E-state index is 12.5. The molecule has 0 unspecified atom stereocenters. The largest absolute Gasteiger partial charge is 0.494 e. The number of benzene rings is 1. The summed E-state index contributed by atoms with van der Waals surface area (Å²) < 4.78 is 11.5. The van der Waals surface area contributed by atoms with E-state index in [1.165, 1.54) is 24.1 Å². The molecule has 8 nitrogen and oxygen atoms in total. The minimum Gasteiger partial charge on any atom is -0.494 e. The Bertz CT molecular complexity index is 915. The van der Waals surface area contributed by atoms with Crippen LogP contribution in [0.2, 0.25) is 0 Å². The first kappa shape index (κ1) is 20.6. The first-order chi connectivity index (χ1) is 14.0. The van der Waals surface area contributed by atoms with Crippen LogP contribution in [0.5, 0.6) is 5.75 Å². The molecule has 2 heterocycles. The van der Waals surface area contributed by atoms with Crippen LogP contribution in [0.4, 0.5) is 0 Å². The van der Waals surface area contributed by atoms with Gasteiger partial charge in [0.25, 0.3) is 5.56 Å². The lowest BCUT2D eigenvalue weighted by atomic mass is 9.97. The molecular weight excluding hydrogens is 374 g/mol. The number of likely N-dealkylation sites (tertiary alicyclic amines) is 1. The van der Waals surface area contributed by atoms with E-state index in [4.69, 9.17) is 9.47 Å². The number of carbonyl (C=O) groups excluding carboxylic acids is 2. The molecule has 1 aliphatic heterocycles. The van der Waals surface area contributed by atoms with E-state index in [1.54, 1.807) is 4.90 Å². The van der Waals surface area contributed by atoms with Crippen LogP contribution in [0.3, 0.4) is 0 Å². The molecule has 0 atom stereocenters. The second-order valence-corrected chi connectivity index (χ2v) is 6.88. The van der Waals surface area contributed by atoms with Crippen LogP contribution in [-0.2, 0) is 20.9 Å². The molecule has 0 aliphatic carbocycles. The molecule has 1 aliphatic rings. The minimum atomic E-state index is -0.290. The Morgan fingerprint density at radius 1 is 1.17 bits per heavy atom. The van der Waals surface area contributed by atoms with Crippen LogP contribution in [0.1, 0.15) is 19.8 Å². The van der Waals surface area contributed by atoms with Gasteiger partial charge in [-0.05, 0) is 44.0 Å². The van der Waals surface area contributed by atoms with Crippen LogP contribution >= 0.6 is 0 Å². The predicted octanol–water partition coefficient (Wildman–Crippen LogP) is 1.72. The van der Waals surface area contributed by atoms with Gasteiger partial charge in [-0.2, -0.15) is 0 Å². The van der Waals surface area contributed by atoms with Crippen molar-refractivity contribution in [1.29, 1.82) is 0 Å². The number of carbonyl (C=O) groups is 2. The minimum absolute atomic E-state index is 0.0711. The van der Waals surface area contributed by atoms with Crippen LogP contribution in [0.15, 0.2) is 41.5 Å². The maximum absolute atomic E-state index is 12.5. The topological polar surface area (TPSA) is 90.7 Å². The highest BCUT2D eigenvalue weighted by Crippen LogP contribution is 2.20. The molecule has 1 amide bonds. The van der Waals surface area contributed by atoms with Crippen molar-refractivity contribution in [3.05, 3.63) is 47.0 Å². The molecule has 1 aromatic carbocycles. The zero-order chi connectivity index (χ0) is 20.8. The summed E-state index contributed by atoms with van der Waals surface area (Å²) in [5, 5.41) is 0. The Balaban J connectivity index is 1.63. The number of aromatic nitrogens is 2. The van der Waals surface area contributed by atoms with E-state index < -0.39 is 0 Å². The van der Waals surface area contributed by atoms with Gasteiger partial charge in [0.15, 0.2) is 0 Å². The standard InChI is InChI=1S/C21H25N3O5/c1-3-29-17-6-4-15(5-7-17)18-12-19(25)24(14-22-18)13-20(26)23-10-8-16(9-11-23)21(27)28-2/h4-7,12,14,16H,3,8-11,13H2,1-2H3. The zero-order valence-electron chi connectivity index (χ0n) is 16.7. The highest BCUT2D eigenvalue weighted by Gasteiger charge is 2.27. The average molecular weight is 399 g/mol. The van der Waals surface area contributed by atoms with E-state index in [1.807, 2.05) is 31.2 Å². The lowest BCUT2D eigenvalue weighted by molar-refractivity contribution is -0.149. The molecule has 0 bridgehead atoms. The number of esters is 1. The maximum Gasteiger partial charge on any atom is 0.308 e. The molecule has 154 valence electrons. The summed E-state index contributed by atoms with van der Waals surface area (Å²) in [7, 11) is 1.37. The van der Waals surface area contributed by atoms with Crippen molar-refractivity contribution in [3.8, 4) is 17.0 Å². The molecule has 1 saturated heterocycles. The van der Waals surface area contributed by atoms with Gasteiger partial charge in [0.1, 0.15) is 12.3 Å². The normalized spacial score (nSPS) is 14.5. The first-order valence-corrected chi connectivity index (χ1v) is 9.67. The van der Waals surface area contributed by atoms with E-state index in [-0.39, 0.29) is 29.9 Å². The number of piperidine rings is 1. The Hall–Kier alpha value is -3.16. The van der Waals surface area contributed by atoms with Crippen molar-refractivity contribution in [1.82, 2.24) is 14.5 Å². The molecular formula is C21H25N3O5. The van der Waals surface area contributed by atoms with E-state index in [0.717, 1.165) is 11.3 Å². The molecule has 29 heavy (non-hydrogen) atoms. The highest BCUT2D eigenvalue weighted by atomic mass is 16.5. The Labute approximate surface area is 169 Å².